The third-order valence-electron chi connectivity index (χ3n) is 16.5. The van der Waals surface area contributed by atoms with Gasteiger partial charge in [-0.25, -0.2) is 0 Å². The molecule has 0 bridgehead atoms. The van der Waals surface area contributed by atoms with Crippen molar-refractivity contribution in [2.24, 2.45) is 62.9 Å². The first-order valence-electron chi connectivity index (χ1n) is 24.1. The molecular weight excluding hydrogens is 841 g/mol. The van der Waals surface area contributed by atoms with E-state index in [1.807, 2.05) is 30.3 Å². The summed E-state index contributed by atoms with van der Waals surface area (Å²) in [6.45, 7) is 20.2. The lowest BCUT2D eigenvalue weighted by molar-refractivity contribution is -0.191. The normalized spacial score (nSPS) is 29.8. The predicted octanol–water partition coefficient (Wildman–Crippen LogP) is 8.62. The van der Waals surface area contributed by atoms with Crippen molar-refractivity contribution in [3.8, 4) is 0 Å². The Kier molecular flexibility index (Phi) is 18.3. The van der Waals surface area contributed by atoms with Gasteiger partial charge in [-0.2, -0.15) is 9.59 Å². The first kappa shape index (κ1) is 52.3. The highest BCUT2D eigenvalue weighted by Crippen LogP contribution is 2.62. The number of carbonyl (C=O) groups excluding carboxylic acids is 5. The average Bonchev–Trinajstić information content (AvgIpc) is 3.32. The number of fused-ring (bicyclic) bond motifs is 2. The smallest absolute Gasteiger partial charge is 0.352 e. The molecule has 4 fully saturated rings. The van der Waals surface area contributed by atoms with Crippen LogP contribution in [0.3, 0.4) is 0 Å². The molecule has 0 aromatic carbocycles. The molecule has 0 radical (unpaired) electrons. The van der Waals surface area contributed by atoms with Gasteiger partial charge >= 0.3 is 6.15 Å². The van der Waals surface area contributed by atoms with E-state index in [-0.39, 0.29) is 64.0 Å². The predicted molar refractivity (Wildman–Crippen MR) is 259 cm³/mol. The maximum atomic E-state index is 13.0. The fourth-order valence-electron chi connectivity index (χ4n) is 13.0. The standard InChI is InChI=1S/C27H36N4O2.C21H33N3O.C5H5N.CO2/c1-18-21(17-30-24(32)19-8-13-28-14-9-19)27(4)11-6-10-26(2,3)23(27)15-22(18)31-25(33)20-7-5-12-29-16-20;1-14-16(12-22)21(4)9-6-8-20(2,3)18(21)11-17(14)24-19(25)15-7-5-10-23-13-15;1-2-4-6-5-3-1;2-1-3/h5,7-9,12-14,16,18,21-23H,6,10-11,15,17H2,1-4H3,(H,30,32)(H,31,33);5,7,10,13-14,16-18H,6,8-9,11-12,22H2,1-4H3,(H,24,25);1-5H;/t18-,21-,22+,23?,27+;14-,16-,17+,18?,21+;;/m00../s1. The van der Waals surface area contributed by atoms with Crippen molar-refractivity contribution in [2.75, 3.05) is 13.1 Å². The number of nitrogens with two attached hydrogens (primary N) is 1. The SMILES string of the molecule is C[C@@H]1[C@H](NC(=O)c2cccnc2)CC2C(C)(C)CCC[C@]2(C)[C@H]1CN.C[C@@H]1[C@H](NC(=O)c2cccnc2)CC2C(C)(C)CCC[C@]2(C)[C@H]1CNC(=O)c1ccncc1.O=C=O.c1ccncc1. The highest BCUT2D eigenvalue weighted by Gasteiger charge is 2.57. The molecule has 0 spiro atoms. The molecule has 13 nitrogen and oxygen atoms in total. The maximum absolute atomic E-state index is 13.0. The Morgan fingerprint density at radius 2 is 1.01 bits per heavy atom. The fourth-order valence-corrected chi connectivity index (χ4v) is 13.0. The van der Waals surface area contributed by atoms with E-state index in [4.69, 9.17) is 15.3 Å². The molecule has 3 amide bonds. The van der Waals surface area contributed by atoms with Gasteiger partial charge in [0, 0.05) is 73.8 Å². The van der Waals surface area contributed by atoms with E-state index in [1.54, 1.807) is 73.8 Å². The van der Waals surface area contributed by atoms with Crippen LogP contribution in [0.4, 0.5) is 0 Å². The first-order chi connectivity index (χ1) is 31.9. The molecule has 4 aliphatic carbocycles. The van der Waals surface area contributed by atoms with E-state index >= 15 is 0 Å². The van der Waals surface area contributed by atoms with E-state index in [9.17, 15) is 14.4 Å². The summed E-state index contributed by atoms with van der Waals surface area (Å²) in [6, 6.07) is 16.7. The summed E-state index contributed by atoms with van der Waals surface area (Å²) in [7, 11) is 0. The topological polar surface area (TPSA) is 199 Å². The number of hydrogen-bond acceptors (Lipinski definition) is 10. The Balaban J connectivity index is 0.000000217. The van der Waals surface area contributed by atoms with Gasteiger partial charge in [0.25, 0.3) is 17.7 Å². The van der Waals surface area contributed by atoms with Crippen molar-refractivity contribution in [3.63, 3.8) is 0 Å². The summed E-state index contributed by atoms with van der Waals surface area (Å²) in [6.07, 6.45) is 23.0. The quantitative estimate of drug-likeness (QED) is 0.133. The first-order valence-corrected chi connectivity index (χ1v) is 24.1. The van der Waals surface area contributed by atoms with E-state index < -0.39 is 0 Å². The van der Waals surface area contributed by atoms with Gasteiger partial charge in [0.1, 0.15) is 0 Å². The zero-order chi connectivity index (χ0) is 48.8. The van der Waals surface area contributed by atoms with Crippen LogP contribution in [0, 0.1) is 57.2 Å². The summed E-state index contributed by atoms with van der Waals surface area (Å²) in [5.74, 6) is 2.25. The summed E-state index contributed by atoms with van der Waals surface area (Å²) in [4.78, 5) is 70.7. The van der Waals surface area contributed by atoms with Crippen LogP contribution < -0.4 is 21.7 Å². The largest absolute Gasteiger partial charge is 0.373 e. The van der Waals surface area contributed by atoms with E-state index in [0.29, 0.717) is 58.9 Å². The Morgan fingerprint density at radius 1 is 0.582 bits per heavy atom. The molecule has 13 heteroatoms. The zero-order valence-electron chi connectivity index (χ0n) is 40.9. The minimum atomic E-state index is -0.0725. The van der Waals surface area contributed by atoms with Gasteiger partial charge in [0.15, 0.2) is 0 Å². The molecule has 0 aliphatic heterocycles. The molecule has 360 valence electrons. The molecular formula is C54H74N8O5. The number of amides is 3. The minimum Gasteiger partial charge on any atom is -0.352 e. The summed E-state index contributed by atoms with van der Waals surface area (Å²) < 4.78 is 0. The second kappa shape index (κ2) is 23.4. The van der Waals surface area contributed by atoms with E-state index in [1.165, 1.54) is 32.1 Å². The molecule has 4 aromatic heterocycles. The fraction of sp³-hybridized carbons (Fsp3) is 0.556. The number of nitrogens with one attached hydrogen (secondary N) is 3. The van der Waals surface area contributed by atoms with Crippen LogP contribution in [-0.4, -0.2) is 69.0 Å². The van der Waals surface area contributed by atoms with Crippen molar-refractivity contribution >= 4 is 23.9 Å². The number of pyridine rings is 4. The molecule has 10 atom stereocenters. The van der Waals surface area contributed by atoms with E-state index in [0.717, 1.165) is 19.3 Å². The average molecular weight is 915 g/mol. The van der Waals surface area contributed by atoms with Crippen LogP contribution in [0.2, 0.25) is 0 Å². The second-order valence-corrected chi connectivity index (χ2v) is 21.1. The summed E-state index contributed by atoms with van der Waals surface area (Å²) in [5, 5.41) is 9.83. The van der Waals surface area contributed by atoms with Gasteiger partial charge in [-0.15, -0.1) is 0 Å². The lowest BCUT2D eigenvalue weighted by Gasteiger charge is -2.61. The second-order valence-electron chi connectivity index (χ2n) is 21.1. The molecule has 5 N–H and O–H groups in total. The van der Waals surface area contributed by atoms with Crippen LogP contribution in [0.25, 0.3) is 0 Å². The van der Waals surface area contributed by atoms with Crippen LogP contribution in [0.15, 0.2) is 104 Å². The Morgan fingerprint density at radius 3 is 1.42 bits per heavy atom. The Labute approximate surface area is 398 Å². The van der Waals surface area contributed by atoms with Crippen LogP contribution >= 0.6 is 0 Å². The highest BCUT2D eigenvalue weighted by molar-refractivity contribution is 5.95. The van der Waals surface area contributed by atoms with Gasteiger partial charge < -0.3 is 21.7 Å². The zero-order valence-corrected chi connectivity index (χ0v) is 40.9. The number of hydrogen-bond donors (Lipinski definition) is 4. The monoisotopic (exact) mass is 915 g/mol. The summed E-state index contributed by atoms with van der Waals surface area (Å²) in [5.41, 5.74) is 8.99. The van der Waals surface area contributed by atoms with Crippen LogP contribution in [-0.2, 0) is 9.59 Å². The number of nitrogens with zero attached hydrogens (tertiary/aromatic N) is 4. The van der Waals surface area contributed by atoms with Gasteiger partial charge in [0.05, 0.1) is 11.1 Å². The molecule has 4 heterocycles. The van der Waals surface area contributed by atoms with Crippen molar-refractivity contribution in [3.05, 3.63) is 121 Å². The number of rotatable bonds is 8. The lowest BCUT2D eigenvalue weighted by atomic mass is 9.45. The third-order valence-corrected chi connectivity index (χ3v) is 16.5. The van der Waals surface area contributed by atoms with E-state index in [2.05, 4.69) is 91.3 Å². The molecule has 67 heavy (non-hydrogen) atoms. The van der Waals surface area contributed by atoms with Gasteiger partial charge in [-0.3, -0.25) is 34.3 Å². The third kappa shape index (κ3) is 12.7. The molecule has 4 aromatic rings. The van der Waals surface area contributed by atoms with Gasteiger partial charge in [0.2, 0.25) is 0 Å². The summed E-state index contributed by atoms with van der Waals surface area (Å²) >= 11 is 0. The molecule has 4 aliphatic rings. The van der Waals surface area contributed by atoms with Crippen molar-refractivity contribution in [1.82, 2.24) is 35.9 Å². The molecule has 0 saturated heterocycles. The maximum Gasteiger partial charge on any atom is 0.373 e. The molecule has 2 unspecified atom stereocenters. The van der Waals surface area contributed by atoms with Gasteiger partial charge in [-0.05, 0) is 151 Å². The van der Waals surface area contributed by atoms with Crippen molar-refractivity contribution in [1.29, 1.82) is 0 Å². The minimum absolute atomic E-state index is 0.0158. The van der Waals surface area contributed by atoms with Crippen LogP contribution in [0.1, 0.15) is 138 Å². The molecule has 8 rings (SSSR count). The van der Waals surface area contributed by atoms with Crippen molar-refractivity contribution in [2.45, 2.75) is 119 Å². The lowest BCUT2D eigenvalue weighted by Crippen LogP contribution is -2.60. The number of aromatic nitrogens is 4. The number of carbonyl (C=O) groups is 3. The van der Waals surface area contributed by atoms with Crippen LogP contribution in [0.5, 0.6) is 0 Å². The van der Waals surface area contributed by atoms with Gasteiger partial charge in [-0.1, -0.05) is 74.3 Å². The van der Waals surface area contributed by atoms with Crippen molar-refractivity contribution < 1.29 is 24.0 Å². The molecule has 4 saturated carbocycles. The Hall–Kier alpha value is -5.65. The Bertz CT molecular complexity index is 2180. The highest BCUT2D eigenvalue weighted by atomic mass is 16.2.